The van der Waals surface area contributed by atoms with Crippen LogP contribution >= 0.6 is 0 Å². The Hall–Kier alpha value is -8.00. The molecule has 11 aromatic carbocycles. The number of hydrogen-bond acceptors (Lipinski definition) is 1. The van der Waals surface area contributed by atoms with Gasteiger partial charge in [-0.2, -0.15) is 0 Å². The minimum absolute atomic E-state index is 1.09. The largest absolute Gasteiger partial charge is 0.310 e. The van der Waals surface area contributed by atoms with Crippen molar-refractivity contribution in [2.45, 2.75) is 0 Å². The normalized spacial score (nSPS) is 11.3. The molecule has 0 bridgehead atoms. The molecule has 1 nitrogen and oxygen atoms in total. The Kier molecular flexibility index (Phi) is 9.26. The predicted molar refractivity (Wildman–Crippen MR) is 261 cm³/mol. The van der Waals surface area contributed by atoms with Crippen LogP contribution in [0.25, 0.3) is 88.0 Å². The lowest BCUT2D eigenvalue weighted by Crippen LogP contribution is -2.11. The fraction of sp³-hybridized carbons (Fsp3) is 0. The van der Waals surface area contributed by atoms with Crippen LogP contribution < -0.4 is 4.90 Å². The molecule has 1 heteroatoms. The maximum atomic E-state index is 2.42. The maximum absolute atomic E-state index is 2.42. The number of para-hydroxylation sites is 1. The summed E-state index contributed by atoms with van der Waals surface area (Å²) in [6, 6.07) is 90.5. The summed E-state index contributed by atoms with van der Waals surface area (Å²) in [6.45, 7) is 0. The Morgan fingerprint density at radius 3 is 1.38 bits per heavy atom. The second-order valence-electron chi connectivity index (χ2n) is 15.7. The van der Waals surface area contributed by atoms with Crippen molar-refractivity contribution in [2.24, 2.45) is 0 Å². The Labute approximate surface area is 357 Å². The lowest BCUT2D eigenvalue weighted by Gasteiger charge is -2.29. The molecule has 0 aliphatic rings. The van der Waals surface area contributed by atoms with E-state index in [4.69, 9.17) is 0 Å². The summed E-state index contributed by atoms with van der Waals surface area (Å²) in [6.07, 6.45) is 0. The molecule has 0 saturated carbocycles. The molecule has 11 aromatic rings. The van der Waals surface area contributed by atoms with Crippen molar-refractivity contribution in [3.05, 3.63) is 249 Å². The van der Waals surface area contributed by atoms with E-state index in [9.17, 15) is 0 Å². The van der Waals surface area contributed by atoms with Gasteiger partial charge in [-0.1, -0.05) is 206 Å². The van der Waals surface area contributed by atoms with Gasteiger partial charge >= 0.3 is 0 Å². The van der Waals surface area contributed by atoms with Crippen LogP contribution in [0, 0.1) is 0 Å². The van der Waals surface area contributed by atoms with Gasteiger partial charge in [-0.3, -0.25) is 0 Å². The highest BCUT2D eigenvalue weighted by Gasteiger charge is 2.21. The Balaban J connectivity index is 1.07. The second-order valence-corrected chi connectivity index (χ2v) is 15.7. The molecule has 0 aliphatic heterocycles. The summed E-state index contributed by atoms with van der Waals surface area (Å²) in [7, 11) is 0. The van der Waals surface area contributed by atoms with Gasteiger partial charge in [0.15, 0.2) is 0 Å². The fourth-order valence-corrected chi connectivity index (χ4v) is 9.12. The van der Waals surface area contributed by atoms with Crippen LogP contribution in [0.4, 0.5) is 17.1 Å². The van der Waals surface area contributed by atoms with Crippen LogP contribution in [0.3, 0.4) is 0 Å². The van der Waals surface area contributed by atoms with Crippen molar-refractivity contribution in [2.75, 3.05) is 4.90 Å². The van der Waals surface area contributed by atoms with Gasteiger partial charge in [0.1, 0.15) is 0 Å². The SMILES string of the molecule is c1ccc(-c2ccccc2-c2ccccc2-c2ccccc2N(c2ccc(-c3ccc4ccccc4c3)cc2)c2ccc(-c3cc4ccccc4c4ccccc34)cc2)cc1. The zero-order valence-corrected chi connectivity index (χ0v) is 33.6. The zero-order chi connectivity index (χ0) is 40.5. The maximum Gasteiger partial charge on any atom is 0.0540 e. The van der Waals surface area contributed by atoms with E-state index in [1.54, 1.807) is 0 Å². The smallest absolute Gasteiger partial charge is 0.0540 e. The molecule has 11 rings (SSSR count). The van der Waals surface area contributed by atoms with Gasteiger partial charge in [-0.05, 0) is 125 Å². The molecule has 0 amide bonds. The molecule has 0 radical (unpaired) electrons. The zero-order valence-electron chi connectivity index (χ0n) is 33.6. The van der Waals surface area contributed by atoms with Crippen LogP contribution in [-0.4, -0.2) is 0 Å². The third-order valence-electron chi connectivity index (χ3n) is 12.1. The monoisotopic (exact) mass is 775 g/mol. The summed E-state index contributed by atoms with van der Waals surface area (Å²) in [5, 5.41) is 7.54. The quantitative estimate of drug-likeness (QED) is 0.139. The van der Waals surface area contributed by atoms with E-state index in [0.29, 0.717) is 0 Å². The van der Waals surface area contributed by atoms with Crippen molar-refractivity contribution in [3.8, 4) is 55.6 Å². The average Bonchev–Trinajstić information content (AvgIpc) is 3.34. The standard InChI is InChI=1S/C60H41N/c1-2-17-44(18-3-1)51-21-8-9-23-53(51)55-25-11-12-26-56(55)58-28-14-15-29-60(58)61(49-36-32-43(33-37-49)47-31-30-42-16-4-5-19-46(42)40-47)50-38-34-45(35-39-50)59-41-48-20-6-7-22-52(48)54-24-10-13-27-57(54)59/h1-41H. The minimum Gasteiger partial charge on any atom is -0.310 e. The first-order valence-electron chi connectivity index (χ1n) is 21.0. The molecule has 286 valence electrons. The number of hydrogen-bond donors (Lipinski definition) is 0. The first-order valence-corrected chi connectivity index (χ1v) is 21.0. The van der Waals surface area contributed by atoms with Crippen LogP contribution in [0.15, 0.2) is 249 Å². The van der Waals surface area contributed by atoms with Crippen molar-refractivity contribution >= 4 is 49.4 Å². The molecule has 0 atom stereocenters. The van der Waals surface area contributed by atoms with Gasteiger partial charge in [0, 0.05) is 16.9 Å². The van der Waals surface area contributed by atoms with Gasteiger partial charge < -0.3 is 4.90 Å². The van der Waals surface area contributed by atoms with E-state index in [1.165, 1.54) is 82.4 Å². The lowest BCUT2D eigenvalue weighted by atomic mass is 9.88. The molecule has 0 unspecified atom stereocenters. The molecular weight excluding hydrogens is 735 g/mol. The van der Waals surface area contributed by atoms with Crippen molar-refractivity contribution in [3.63, 3.8) is 0 Å². The Morgan fingerprint density at radius 2 is 0.672 bits per heavy atom. The third kappa shape index (κ3) is 6.73. The first-order chi connectivity index (χ1) is 30.3. The molecule has 0 aromatic heterocycles. The molecule has 0 spiro atoms. The van der Waals surface area contributed by atoms with Gasteiger partial charge in [-0.15, -0.1) is 0 Å². The number of anilines is 3. The van der Waals surface area contributed by atoms with Gasteiger partial charge in [0.05, 0.1) is 5.69 Å². The van der Waals surface area contributed by atoms with E-state index >= 15 is 0 Å². The third-order valence-corrected chi connectivity index (χ3v) is 12.1. The van der Waals surface area contributed by atoms with E-state index in [1.807, 2.05) is 0 Å². The topological polar surface area (TPSA) is 3.24 Å². The number of rotatable bonds is 8. The average molecular weight is 776 g/mol. The molecule has 0 N–H and O–H groups in total. The summed E-state index contributed by atoms with van der Waals surface area (Å²) in [5.41, 5.74) is 15.2. The summed E-state index contributed by atoms with van der Waals surface area (Å²) < 4.78 is 0. The number of benzene rings is 11. The van der Waals surface area contributed by atoms with Gasteiger partial charge in [-0.25, -0.2) is 0 Å². The highest BCUT2D eigenvalue weighted by Crippen LogP contribution is 2.46. The highest BCUT2D eigenvalue weighted by molar-refractivity contribution is 6.14. The first kappa shape index (κ1) is 36.1. The summed E-state index contributed by atoms with van der Waals surface area (Å²) >= 11 is 0. The van der Waals surface area contributed by atoms with E-state index in [0.717, 1.165) is 22.6 Å². The van der Waals surface area contributed by atoms with Crippen molar-refractivity contribution < 1.29 is 0 Å². The van der Waals surface area contributed by atoms with Crippen LogP contribution in [0.5, 0.6) is 0 Å². The lowest BCUT2D eigenvalue weighted by molar-refractivity contribution is 1.28. The van der Waals surface area contributed by atoms with Crippen LogP contribution in [0.2, 0.25) is 0 Å². The molecule has 0 fully saturated rings. The van der Waals surface area contributed by atoms with Gasteiger partial charge in [0.25, 0.3) is 0 Å². The highest BCUT2D eigenvalue weighted by atomic mass is 15.1. The molecule has 0 heterocycles. The number of nitrogens with zero attached hydrogens (tertiary/aromatic N) is 1. The molecule has 61 heavy (non-hydrogen) atoms. The van der Waals surface area contributed by atoms with Crippen molar-refractivity contribution in [1.82, 2.24) is 0 Å². The van der Waals surface area contributed by atoms with Crippen molar-refractivity contribution in [1.29, 1.82) is 0 Å². The van der Waals surface area contributed by atoms with E-state index in [2.05, 4.69) is 254 Å². The Morgan fingerprint density at radius 1 is 0.213 bits per heavy atom. The minimum atomic E-state index is 1.09. The predicted octanol–water partition coefficient (Wildman–Crippen LogP) is 17.0. The van der Waals surface area contributed by atoms with Crippen LogP contribution in [0.1, 0.15) is 0 Å². The Bertz CT molecular complexity index is 3340. The second kappa shape index (κ2) is 15.6. The van der Waals surface area contributed by atoms with Gasteiger partial charge in [0.2, 0.25) is 0 Å². The number of fused-ring (bicyclic) bond motifs is 4. The van der Waals surface area contributed by atoms with E-state index in [-0.39, 0.29) is 0 Å². The fourth-order valence-electron chi connectivity index (χ4n) is 9.12. The van der Waals surface area contributed by atoms with Crippen LogP contribution in [-0.2, 0) is 0 Å². The molecular formula is C60H41N. The summed E-state index contributed by atoms with van der Waals surface area (Å²) in [4.78, 5) is 2.42. The summed E-state index contributed by atoms with van der Waals surface area (Å²) in [5.74, 6) is 0. The van der Waals surface area contributed by atoms with E-state index < -0.39 is 0 Å². The molecule has 0 saturated heterocycles. The molecule has 0 aliphatic carbocycles.